The van der Waals surface area contributed by atoms with Crippen LogP contribution in [-0.2, 0) is 16.6 Å². The van der Waals surface area contributed by atoms with Gasteiger partial charge in [-0.1, -0.05) is 37.3 Å². The topological polar surface area (TPSA) is 133 Å². The van der Waals surface area contributed by atoms with Crippen molar-refractivity contribution < 1.29 is 17.9 Å². The van der Waals surface area contributed by atoms with Gasteiger partial charge in [-0.2, -0.15) is 13.5 Å². The monoisotopic (exact) mass is 603 g/mol. The average Bonchev–Trinajstić information content (AvgIpc) is 3.72. The summed E-state index contributed by atoms with van der Waals surface area (Å²) in [6.45, 7) is 6.60. The number of hydrogen-bond donors (Lipinski definition) is 2. The van der Waals surface area contributed by atoms with Crippen LogP contribution in [0.3, 0.4) is 0 Å². The first kappa shape index (κ1) is 29.5. The highest BCUT2D eigenvalue weighted by Gasteiger charge is 2.29. The minimum atomic E-state index is -4.20. The molecule has 1 saturated heterocycles. The lowest BCUT2D eigenvalue weighted by Crippen LogP contribution is -2.31. The molecule has 11 nitrogen and oxygen atoms in total. The number of nitrogens with one attached hydrogen (secondary N) is 2. The minimum Gasteiger partial charge on any atom is -0.477 e. The third-order valence-electron chi connectivity index (χ3n) is 7.92. The van der Waals surface area contributed by atoms with Crippen LogP contribution >= 0.6 is 11.6 Å². The summed E-state index contributed by atoms with van der Waals surface area (Å²) in [7, 11) is -4.20. The van der Waals surface area contributed by atoms with Gasteiger partial charge in [0.1, 0.15) is 5.15 Å². The molecule has 1 aliphatic carbocycles. The number of rotatable bonds is 12. The van der Waals surface area contributed by atoms with Crippen LogP contribution in [0.4, 0.5) is 0 Å². The SMILES string of the molecule is CC1(C)CC(CCCn2ccc(S(=O)(=O)NC(=O)c3ccc(-n4ccc(OCCC5CCCC5)n4)nc3Cl)n2)CN1. The first-order chi connectivity index (χ1) is 19.6. The van der Waals surface area contributed by atoms with E-state index >= 15 is 0 Å². The van der Waals surface area contributed by atoms with Crippen molar-refractivity contribution in [2.24, 2.45) is 11.8 Å². The number of nitrogens with zero attached hydrogens (tertiary/aromatic N) is 5. The number of hydrogen-bond acceptors (Lipinski definition) is 8. The van der Waals surface area contributed by atoms with Crippen molar-refractivity contribution in [2.45, 2.75) is 82.3 Å². The summed E-state index contributed by atoms with van der Waals surface area (Å²) in [4.78, 5) is 17.0. The van der Waals surface area contributed by atoms with E-state index in [0.29, 0.717) is 30.8 Å². The van der Waals surface area contributed by atoms with E-state index in [1.165, 1.54) is 42.5 Å². The molecule has 41 heavy (non-hydrogen) atoms. The minimum absolute atomic E-state index is 0.0771. The van der Waals surface area contributed by atoms with Crippen molar-refractivity contribution in [3.05, 3.63) is 47.4 Å². The van der Waals surface area contributed by atoms with Crippen molar-refractivity contribution in [3.8, 4) is 11.7 Å². The number of ether oxygens (including phenoxy) is 1. The molecule has 1 aliphatic heterocycles. The van der Waals surface area contributed by atoms with Crippen LogP contribution in [0.25, 0.3) is 5.82 Å². The summed E-state index contributed by atoms with van der Waals surface area (Å²) in [5.74, 6) is 1.29. The fourth-order valence-electron chi connectivity index (χ4n) is 5.74. The van der Waals surface area contributed by atoms with Gasteiger partial charge in [-0.25, -0.2) is 14.4 Å². The van der Waals surface area contributed by atoms with E-state index in [9.17, 15) is 13.2 Å². The Kier molecular flexibility index (Phi) is 9.00. The first-order valence-electron chi connectivity index (χ1n) is 14.3. The fourth-order valence-corrected chi connectivity index (χ4v) is 6.88. The van der Waals surface area contributed by atoms with Crippen LogP contribution in [-0.4, -0.2) is 57.6 Å². The number of amides is 1. The maximum absolute atomic E-state index is 12.8. The second kappa shape index (κ2) is 12.5. The van der Waals surface area contributed by atoms with E-state index < -0.39 is 15.9 Å². The van der Waals surface area contributed by atoms with Crippen molar-refractivity contribution in [2.75, 3.05) is 13.2 Å². The predicted octanol–water partition coefficient (Wildman–Crippen LogP) is 4.36. The number of aryl methyl sites for hydroxylation is 1. The summed E-state index contributed by atoms with van der Waals surface area (Å²) in [5.41, 5.74) is 0.0896. The molecule has 3 aromatic rings. The standard InChI is InChI=1S/C28H38ClN7O4S/c1-28(2)18-21(19-30-28)8-5-14-35-15-12-25(33-35)41(38,39)34-27(37)22-9-10-23(31-26(22)29)36-16-11-24(32-36)40-17-13-20-6-3-4-7-20/h9-12,15-16,20-21,30H,3-8,13-14,17-19H2,1-2H3,(H,34,37). The Morgan fingerprint density at radius 2 is 1.93 bits per heavy atom. The lowest BCUT2D eigenvalue weighted by molar-refractivity contribution is 0.0981. The average molecular weight is 604 g/mol. The molecule has 0 spiro atoms. The maximum Gasteiger partial charge on any atom is 0.283 e. The van der Waals surface area contributed by atoms with Crippen LogP contribution in [0, 0.1) is 11.8 Å². The Hall–Kier alpha value is -2.96. The summed E-state index contributed by atoms with van der Waals surface area (Å²) in [6.07, 6.45) is 12.5. The van der Waals surface area contributed by atoms with E-state index in [4.69, 9.17) is 16.3 Å². The molecule has 1 atom stereocenters. The summed E-state index contributed by atoms with van der Waals surface area (Å²) in [6, 6.07) is 6.07. The van der Waals surface area contributed by atoms with Crippen molar-refractivity contribution >= 4 is 27.5 Å². The smallest absolute Gasteiger partial charge is 0.283 e. The molecule has 2 aliphatic rings. The third-order valence-corrected chi connectivity index (χ3v) is 9.43. The van der Waals surface area contributed by atoms with E-state index in [1.807, 2.05) is 4.72 Å². The van der Waals surface area contributed by atoms with Crippen molar-refractivity contribution in [1.29, 1.82) is 0 Å². The Labute approximate surface area is 246 Å². The molecule has 0 aromatic carbocycles. The van der Waals surface area contributed by atoms with Crippen LogP contribution in [0.15, 0.2) is 41.7 Å². The van der Waals surface area contributed by atoms with Gasteiger partial charge < -0.3 is 10.1 Å². The number of pyridine rings is 1. The Morgan fingerprint density at radius 3 is 2.66 bits per heavy atom. The number of carbonyl (C=O) groups is 1. The molecule has 2 N–H and O–H groups in total. The zero-order chi connectivity index (χ0) is 29.0. The number of sulfonamides is 1. The van der Waals surface area contributed by atoms with E-state index in [1.54, 1.807) is 29.2 Å². The zero-order valence-electron chi connectivity index (χ0n) is 23.6. The Morgan fingerprint density at radius 1 is 1.12 bits per heavy atom. The number of carbonyl (C=O) groups excluding carboxylic acids is 1. The lowest BCUT2D eigenvalue weighted by Gasteiger charge is -2.17. The molecule has 2 fully saturated rings. The summed E-state index contributed by atoms with van der Waals surface area (Å²) in [5, 5.41) is 11.7. The fraction of sp³-hybridized carbons (Fsp3) is 0.571. The summed E-state index contributed by atoms with van der Waals surface area (Å²) >= 11 is 6.28. The van der Waals surface area contributed by atoms with Gasteiger partial charge in [-0.3, -0.25) is 9.48 Å². The predicted molar refractivity (Wildman–Crippen MR) is 155 cm³/mol. The van der Waals surface area contributed by atoms with Gasteiger partial charge in [0.2, 0.25) is 5.88 Å². The van der Waals surface area contributed by atoms with Gasteiger partial charge >= 0.3 is 0 Å². The van der Waals surface area contributed by atoms with Gasteiger partial charge in [-0.05, 0) is 76.1 Å². The number of aromatic nitrogens is 5. The van der Waals surface area contributed by atoms with Gasteiger partial charge in [-0.15, -0.1) is 5.10 Å². The highest BCUT2D eigenvalue weighted by atomic mass is 35.5. The van der Waals surface area contributed by atoms with Crippen LogP contribution < -0.4 is 14.8 Å². The molecule has 1 saturated carbocycles. The van der Waals surface area contributed by atoms with E-state index in [2.05, 4.69) is 34.3 Å². The molecule has 3 aromatic heterocycles. The first-order valence-corrected chi connectivity index (χ1v) is 16.2. The van der Waals surface area contributed by atoms with Gasteiger partial charge in [0.15, 0.2) is 10.8 Å². The second-order valence-corrected chi connectivity index (χ2v) is 13.7. The highest BCUT2D eigenvalue weighted by molar-refractivity contribution is 7.90. The summed E-state index contributed by atoms with van der Waals surface area (Å²) < 4.78 is 36.6. The van der Waals surface area contributed by atoms with Crippen molar-refractivity contribution in [3.63, 3.8) is 0 Å². The van der Waals surface area contributed by atoms with E-state index in [-0.39, 0.29) is 21.3 Å². The molecule has 4 heterocycles. The van der Waals surface area contributed by atoms with Crippen LogP contribution in [0.1, 0.15) is 75.6 Å². The lowest BCUT2D eigenvalue weighted by atomic mass is 9.94. The molecule has 1 unspecified atom stereocenters. The molecular weight excluding hydrogens is 566 g/mol. The maximum atomic E-state index is 12.8. The van der Waals surface area contributed by atoms with Crippen LogP contribution in [0.5, 0.6) is 5.88 Å². The van der Waals surface area contributed by atoms with Gasteiger partial charge in [0.05, 0.1) is 12.2 Å². The van der Waals surface area contributed by atoms with Crippen LogP contribution in [0.2, 0.25) is 5.15 Å². The quantitative estimate of drug-likeness (QED) is 0.292. The van der Waals surface area contributed by atoms with E-state index in [0.717, 1.165) is 38.1 Å². The molecule has 5 rings (SSSR count). The zero-order valence-corrected chi connectivity index (χ0v) is 25.1. The second-order valence-electron chi connectivity index (χ2n) is 11.7. The Balaban J connectivity index is 1.14. The third kappa shape index (κ3) is 7.66. The molecule has 0 radical (unpaired) electrons. The Bertz CT molecular complexity index is 1460. The van der Waals surface area contributed by atoms with Gasteiger partial charge in [0, 0.05) is 30.5 Å². The van der Waals surface area contributed by atoms with Crippen molar-refractivity contribution in [1.82, 2.24) is 34.6 Å². The molecule has 13 heteroatoms. The largest absolute Gasteiger partial charge is 0.477 e. The molecule has 1 amide bonds. The molecule has 0 bridgehead atoms. The number of halogens is 1. The molecule has 222 valence electrons. The normalized spacial score (nSPS) is 19.0. The highest BCUT2D eigenvalue weighted by Crippen LogP contribution is 2.28. The van der Waals surface area contributed by atoms with Gasteiger partial charge in [0.25, 0.3) is 15.9 Å². The molecular formula is C28H38ClN7O4S.